The van der Waals surface area contributed by atoms with Gasteiger partial charge in [0.25, 0.3) is 5.91 Å². The molecule has 1 aromatic heterocycles. The van der Waals surface area contributed by atoms with E-state index >= 15 is 0 Å². The highest BCUT2D eigenvalue weighted by Crippen LogP contribution is 2.28. The summed E-state index contributed by atoms with van der Waals surface area (Å²) in [5.41, 5.74) is 0.279. The first-order chi connectivity index (χ1) is 15.4. The number of carbonyl (C=O) groups is 2. The van der Waals surface area contributed by atoms with E-state index in [0.717, 1.165) is 5.82 Å². The second-order valence-electron chi connectivity index (χ2n) is 7.94. The summed E-state index contributed by atoms with van der Waals surface area (Å²) < 4.78 is 38.6. The van der Waals surface area contributed by atoms with Gasteiger partial charge in [-0.15, -0.1) is 0 Å². The highest BCUT2D eigenvalue weighted by atomic mass is 35.5. The number of anilines is 1. The van der Waals surface area contributed by atoms with E-state index in [1.54, 1.807) is 11.0 Å². The maximum Gasteiger partial charge on any atom is 0.303 e. The number of rotatable bonds is 6. The summed E-state index contributed by atoms with van der Waals surface area (Å²) in [5, 5.41) is 0.371. The molecule has 1 fully saturated rings. The normalized spacial score (nSPS) is 20.0. The largest absolute Gasteiger partial charge is 0.350 e. The van der Waals surface area contributed by atoms with Gasteiger partial charge in [0.2, 0.25) is 5.78 Å². The molecule has 2 aromatic rings. The van der Waals surface area contributed by atoms with Crippen LogP contribution in [0.15, 0.2) is 41.3 Å². The van der Waals surface area contributed by atoms with E-state index < -0.39 is 28.3 Å². The molecule has 3 atom stereocenters. The third-order valence-corrected chi connectivity index (χ3v) is 7.70. The fourth-order valence-corrected chi connectivity index (χ4v) is 5.36. The molecular weight excluding hydrogens is 495 g/mol. The quantitative estimate of drug-likeness (QED) is 0.529. The number of hydrogen-bond acceptors (Lipinski definition) is 5. The summed E-state index contributed by atoms with van der Waals surface area (Å²) >= 11 is 12.2. The number of benzene rings is 1. The average molecular weight is 518 g/mol. The number of hydrogen-bond donors (Lipinski definition) is 0. The average Bonchev–Trinajstić information content (AvgIpc) is 2.74. The Hall–Kier alpha value is -2.10. The summed E-state index contributed by atoms with van der Waals surface area (Å²) in [7, 11) is -2.05. The van der Waals surface area contributed by atoms with Crippen molar-refractivity contribution in [3.05, 3.63) is 52.1 Å². The lowest BCUT2D eigenvalue weighted by Gasteiger charge is -2.45. The number of amides is 1. The minimum atomic E-state index is -3.58. The van der Waals surface area contributed by atoms with Gasteiger partial charge in [-0.2, -0.15) is 8.78 Å². The summed E-state index contributed by atoms with van der Waals surface area (Å²) in [6, 6.07) is 9.32. The van der Waals surface area contributed by atoms with Crippen LogP contribution in [0, 0.1) is 0 Å². The molecule has 1 aromatic carbocycles. The first-order valence-corrected chi connectivity index (χ1v) is 12.3. The maximum absolute atomic E-state index is 13.2. The number of piperazine rings is 1. The molecule has 0 saturated carbocycles. The van der Waals surface area contributed by atoms with Crippen molar-refractivity contribution < 1.29 is 22.6 Å². The highest BCUT2D eigenvalue weighted by molar-refractivity contribution is 7.86. The Morgan fingerprint density at radius 3 is 2.45 bits per heavy atom. The second-order valence-corrected chi connectivity index (χ2v) is 10.2. The molecule has 33 heavy (non-hydrogen) atoms. The molecule has 1 amide bonds. The molecule has 0 aliphatic carbocycles. The number of carbonyl (C=O) groups excluding carboxylic acids is 2. The predicted octanol–water partition coefficient (Wildman–Crippen LogP) is 4.46. The SMILES string of the molecule is C[C@H]1[C@H](C)N(c2cccc(Cl)n2)CCN1C(=O)c1ccc(S(=O)CC(=O)C(C)(F)F)c(Cl)c1. The van der Waals surface area contributed by atoms with E-state index in [1.165, 1.54) is 18.2 Å². The molecule has 1 saturated heterocycles. The Labute approximate surface area is 203 Å². The molecule has 0 spiro atoms. The van der Waals surface area contributed by atoms with Gasteiger partial charge < -0.3 is 9.80 Å². The molecule has 3 rings (SSSR count). The number of aromatic nitrogens is 1. The molecule has 1 aliphatic rings. The van der Waals surface area contributed by atoms with Gasteiger partial charge in [-0.05, 0) is 44.2 Å². The van der Waals surface area contributed by atoms with Crippen molar-refractivity contribution >= 4 is 51.5 Å². The number of Topliss-reactive ketones (excluding diaryl/α,β-unsaturated/α-hetero) is 1. The van der Waals surface area contributed by atoms with Crippen molar-refractivity contribution in [2.75, 3.05) is 23.7 Å². The summed E-state index contributed by atoms with van der Waals surface area (Å²) in [4.78, 5) is 32.9. The number of halogens is 4. The molecule has 0 N–H and O–H groups in total. The lowest BCUT2D eigenvalue weighted by atomic mass is 10.0. The van der Waals surface area contributed by atoms with Crippen molar-refractivity contribution in [2.45, 2.75) is 43.7 Å². The zero-order valence-corrected chi connectivity index (χ0v) is 20.6. The van der Waals surface area contributed by atoms with Gasteiger partial charge in [-0.3, -0.25) is 13.8 Å². The van der Waals surface area contributed by atoms with Crippen LogP contribution in [0.4, 0.5) is 14.6 Å². The minimum absolute atomic E-state index is 0.0196. The Balaban J connectivity index is 1.74. The highest BCUT2D eigenvalue weighted by Gasteiger charge is 2.35. The fourth-order valence-electron chi connectivity index (χ4n) is 3.62. The fraction of sp³-hybridized carbons (Fsp3) is 0.409. The van der Waals surface area contributed by atoms with E-state index in [9.17, 15) is 22.6 Å². The van der Waals surface area contributed by atoms with Crippen LogP contribution in [0.25, 0.3) is 0 Å². The molecule has 0 radical (unpaired) electrons. The van der Waals surface area contributed by atoms with Crippen molar-refractivity contribution in [2.24, 2.45) is 0 Å². The molecule has 2 heterocycles. The maximum atomic E-state index is 13.2. The van der Waals surface area contributed by atoms with Crippen LogP contribution in [0.5, 0.6) is 0 Å². The number of alkyl halides is 2. The third-order valence-electron chi connectivity index (χ3n) is 5.69. The monoisotopic (exact) mass is 517 g/mol. The molecule has 11 heteroatoms. The second kappa shape index (κ2) is 10.0. The van der Waals surface area contributed by atoms with Crippen LogP contribution in [0.2, 0.25) is 10.2 Å². The number of nitrogens with zero attached hydrogens (tertiary/aromatic N) is 3. The number of pyridine rings is 1. The minimum Gasteiger partial charge on any atom is -0.350 e. The van der Waals surface area contributed by atoms with Crippen LogP contribution in [0.1, 0.15) is 31.1 Å². The standard InChI is InChI=1S/C22H23Cl2F2N3O3S/c1-13-14(2)29(10-9-28(13)20-6-4-5-19(24)27-20)21(31)15-7-8-17(16(23)11-15)33(32)12-18(30)22(3,25)26/h4-8,11,13-14H,9-10,12H2,1-3H3/t13-,14-,33?/m0/s1. The van der Waals surface area contributed by atoms with Gasteiger partial charge in [0, 0.05) is 37.7 Å². The van der Waals surface area contributed by atoms with Gasteiger partial charge in [0.05, 0.1) is 26.5 Å². The zero-order chi connectivity index (χ0) is 24.5. The van der Waals surface area contributed by atoms with Crippen LogP contribution in [0.3, 0.4) is 0 Å². The van der Waals surface area contributed by atoms with Gasteiger partial charge in [0.1, 0.15) is 11.0 Å². The van der Waals surface area contributed by atoms with E-state index in [-0.39, 0.29) is 33.5 Å². The lowest BCUT2D eigenvalue weighted by molar-refractivity contribution is -0.137. The van der Waals surface area contributed by atoms with Crippen molar-refractivity contribution in [3.63, 3.8) is 0 Å². The molecule has 178 valence electrons. The molecule has 0 bridgehead atoms. The smallest absolute Gasteiger partial charge is 0.303 e. The van der Waals surface area contributed by atoms with Gasteiger partial charge in [0.15, 0.2) is 0 Å². The Bertz CT molecular complexity index is 1100. The van der Waals surface area contributed by atoms with Crippen molar-refractivity contribution in [3.8, 4) is 0 Å². The zero-order valence-electron chi connectivity index (χ0n) is 18.2. The van der Waals surface area contributed by atoms with E-state index in [4.69, 9.17) is 23.2 Å². The topological polar surface area (TPSA) is 70.6 Å². The lowest BCUT2D eigenvalue weighted by Crippen LogP contribution is -2.59. The Morgan fingerprint density at radius 2 is 1.85 bits per heavy atom. The van der Waals surface area contributed by atoms with Crippen LogP contribution in [-0.2, 0) is 15.6 Å². The van der Waals surface area contributed by atoms with Crippen LogP contribution < -0.4 is 4.90 Å². The Morgan fingerprint density at radius 1 is 1.15 bits per heavy atom. The van der Waals surface area contributed by atoms with Gasteiger partial charge >= 0.3 is 5.92 Å². The van der Waals surface area contributed by atoms with Crippen LogP contribution in [-0.4, -0.2) is 62.6 Å². The van der Waals surface area contributed by atoms with E-state index in [2.05, 4.69) is 9.88 Å². The summed E-state index contributed by atoms with van der Waals surface area (Å²) in [5.74, 6) is -5.40. The van der Waals surface area contributed by atoms with Crippen molar-refractivity contribution in [1.82, 2.24) is 9.88 Å². The third kappa shape index (κ3) is 5.70. The Kier molecular flexibility index (Phi) is 7.76. The first kappa shape index (κ1) is 25.5. The summed E-state index contributed by atoms with van der Waals surface area (Å²) in [6.07, 6.45) is 0. The van der Waals surface area contributed by atoms with Crippen molar-refractivity contribution in [1.29, 1.82) is 0 Å². The van der Waals surface area contributed by atoms with Crippen LogP contribution >= 0.6 is 23.2 Å². The molecular formula is C22H23Cl2F2N3O3S. The molecule has 6 nitrogen and oxygen atoms in total. The first-order valence-electron chi connectivity index (χ1n) is 10.2. The van der Waals surface area contributed by atoms with E-state index in [1.807, 2.05) is 26.0 Å². The van der Waals surface area contributed by atoms with Gasteiger partial charge in [-0.1, -0.05) is 29.3 Å². The number of ketones is 1. The van der Waals surface area contributed by atoms with Gasteiger partial charge in [-0.25, -0.2) is 4.98 Å². The van der Waals surface area contributed by atoms with E-state index in [0.29, 0.717) is 25.2 Å². The summed E-state index contributed by atoms with van der Waals surface area (Å²) in [6.45, 7) is 5.37. The molecule has 1 aliphatic heterocycles. The predicted molar refractivity (Wildman–Crippen MR) is 125 cm³/mol. The molecule has 1 unspecified atom stereocenters.